The van der Waals surface area contributed by atoms with Crippen LogP contribution in [0.15, 0.2) is 138 Å². The van der Waals surface area contributed by atoms with E-state index in [0.717, 1.165) is 11.4 Å². The molecule has 5 aromatic carbocycles. The van der Waals surface area contributed by atoms with Gasteiger partial charge in [0.15, 0.2) is 0 Å². The third-order valence-electron chi connectivity index (χ3n) is 10.1. The number of hydrogen-bond acceptors (Lipinski definition) is 2. The van der Waals surface area contributed by atoms with Gasteiger partial charge in [-0.25, -0.2) is 0 Å². The molecule has 3 nitrogen and oxygen atoms in total. The quantitative estimate of drug-likeness (QED) is 0.208. The summed E-state index contributed by atoms with van der Waals surface area (Å²) in [6.45, 7) is 0. The summed E-state index contributed by atoms with van der Waals surface area (Å²) >= 11 is 0. The first-order chi connectivity index (χ1) is 20.8. The van der Waals surface area contributed by atoms with Crippen LogP contribution in [0.4, 0.5) is 0 Å². The molecule has 2 unspecified atom stereocenters. The highest BCUT2D eigenvalue weighted by molar-refractivity contribution is 6.13. The molecule has 0 fully saturated rings. The van der Waals surface area contributed by atoms with Gasteiger partial charge in [0.25, 0.3) is 0 Å². The van der Waals surface area contributed by atoms with E-state index in [0.29, 0.717) is 0 Å². The minimum Gasteiger partial charge on any atom is -0.351 e. The molecule has 3 heterocycles. The first kappa shape index (κ1) is 22.5. The van der Waals surface area contributed by atoms with Crippen LogP contribution in [0.3, 0.4) is 0 Å². The molecule has 2 aliphatic carbocycles. The zero-order valence-electron chi connectivity index (χ0n) is 23.2. The summed E-state index contributed by atoms with van der Waals surface area (Å²) in [5.41, 5.74) is 12.6. The van der Waals surface area contributed by atoms with Crippen molar-refractivity contribution in [2.24, 2.45) is 4.99 Å². The van der Waals surface area contributed by atoms with Crippen LogP contribution >= 0.6 is 0 Å². The van der Waals surface area contributed by atoms with Crippen LogP contribution < -0.4 is 0 Å². The standard InChI is InChI=1S/C39H27N3/c1-41-35-20-9-7-18-33(35)40-38(41)24-21-22-31-36(23-24)42-34-19-8-4-13-27(34)28-14-10-17-32(37(28)42)39(31)29-15-5-2-11-25(29)26-12-3-6-16-30(26)39/h2-23,33,35H,1H3. The second-order valence-electron chi connectivity index (χ2n) is 11.9. The van der Waals surface area contributed by atoms with E-state index in [4.69, 9.17) is 4.99 Å². The van der Waals surface area contributed by atoms with Crippen molar-refractivity contribution in [3.63, 3.8) is 0 Å². The number of hydrogen-bond donors (Lipinski definition) is 0. The predicted molar refractivity (Wildman–Crippen MR) is 172 cm³/mol. The van der Waals surface area contributed by atoms with Gasteiger partial charge in [0.1, 0.15) is 5.84 Å². The maximum Gasteiger partial charge on any atom is 0.131 e. The third kappa shape index (κ3) is 2.52. The zero-order valence-corrected chi connectivity index (χ0v) is 23.2. The Kier molecular flexibility index (Phi) is 4.17. The number of allylic oxidation sites excluding steroid dienone is 2. The van der Waals surface area contributed by atoms with Crippen LogP contribution in [0.1, 0.15) is 27.8 Å². The van der Waals surface area contributed by atoms with Gasteiger partial charge in [0, 0.05) is 23.4 Å². The fourth-order valence-electron chi connectivity index (χ4n) is 8.42. The Bertz CT molecular complexity index is 2200. The predicted octanol–water partition coefficient (Wildman–Crippen LogP) is 8.02. The van der Waals surface area contributed by atoms with Crippen molar-refractivity contribution in [2.75, 3.05) is 7.05 Å². The zero-order chi connectivity index (χ0) is 27.6. The molecule has 3 heteroatoms. The van der Waals surface area contributed by atoms with Crippen LogP contribution in [0.5, 0.6) is 0 Å². The Morgan fingerprint density at radius 2 is 1.33 bits per heavy atom. The van der Waals surface area contributed by atoms with Gasteiger partial charge in [-0.05, 0) is 45.5 Å². The van der Waals surface area contributed by atoms with Gasteiger partial charge in [-0.2, -0.15) is 0 Å². The molecule has 0 N–H and O–H groups in total. The lowest BCUT2D eigenvalue weighted by Gasteiger charge is -2.40. The van der Waals surface area contributed by atoms with Gasteiger partial charge < -0.3 is 9.47 Å². The van der Waals surface area contributed by atoms with Crippen molar-refractivity contribution in [1.29, 1.82) is 0 Å². The highest BCUT2D eigenvalue weighted by Crippen LogP contribution is 2.61. The minimum absolute atomic E-state index is 0.158. The molecular formula is C39H27N3. The molecule has 0 radical (unpaired) electrons. The Morgan fingerprint density at radius 1 is 0.643 bits per heavy atom. The van der Waals surface area contributed by atoms with Gasteiger partial charge in [-0.1, -0.05) is 121 Å². The fraction of sp³-hybridized carbons (Fsp3) is 0.103. The summed E-state index contributed by atoms with van der Waals surface area (Å²) in [6, 6.07) is 41.4. The van der Waals surface area contributed by atoms with Crippen LogP contribution in [0.25, 0.3) is 38.6 Å². The van der Waals surface area contributed by atoms with Gasteiger partial charge in [-0.15, -0.1) is 0 Å². The van der Waals surface area contributed by atoms with Crippen LogP contribution in [-0.2, 0) is 5.41 Å². The number of para-hydroxylation sites is 2. The van der Waals surface area contributed by atoms with E-state index in [1.54, 1.807) is 0 Å². The lowest BCUT2D eigenvalue weighted by molar-refractivity contribution is 0.437. The summed E-state index contributed by atoms with van der Waals surface area (Å²) < 4.78 is 2.52. The molecule has 0 saturated carbocycles. The minimum atomic E-state index is -0.409. The molecule has 1 spiro atoms. The van der Waals surface area contributed by atoms with Gasteiger partial charge in [0.2, 0.25) is 0 Å². The molecule has 0 amide bonds. The normalized spacial score (nSPS) is 20.1. The molecule has 4 aliphatic rings. The average molecular weight is 538 g/mol. The van der Waals surface area contributed by atoms with Crippen molar-refractivity contribution >= 4 is 27.6 Å². The highest BCUT2D eigenvalue weighted by Gasteiger charge is 2.50. The SMILES string of the molecule is CN1C(c2ccc3c(c2)-n2c4ccccc4c4cccc(c42)C32c3ccccc3-c3ccccc32)=NC2C=CC=CC21. The van der Waals surface area contributed by atoms with Gasteiger partial charge in [-0.3, -0.25) is 4.99 Å². The number of nitrogens with zero attached hydrogens (tertiary/aromatic N) is 3. The number of rotatable bonds is 1. The molecule has 0 bridgehead atoms. The molecule has 198 valence electrons. The molecular weight excluding hydrogens is 510 g/mol. The van der Waals surface area contributed by atoms with Gasteiger partial charge >= 0.3 is 0 Å². The van der Waals surface area contributed by atoms with Crippen molar-refractivity contribution in [3.8, 4) is 16.8 Å². The molecule has 2 aliphatic heterocycles. The first-order valence-electron chi connectivity index (χ1n) is 14.8. The number of amidine groups is 1. The maximum atomic E-state index is 5.21. The number of benzene rings is 5. The Labute approximate surface area is 244 Å². The second kappa shape index (κ2) is 7.77. The van der Waals surface area contributed by atoms with Crippen molar-refractivity contribution in [2.45, 2.75) is 17.5 Å². The molecule has 0 saturated heterocycles. The van der Waals surface area contributed by atoms with E-state index in [1.807, 2.05) is 0 Å². The average Bonchev–Trinajstić information content (AvgIpc) is 3.67. The van der Waals surface area contributed by atoms with Crippen molar-refractivity contribution in [3.05, 3.63) is 161 Å². The maximum absolute atomic E-state index is 5.21. The van der Waals surface area contributed by atoms with Crippen LogP contribution in [-0.4, -0.2) is 34.4 Å². The lowest BCUT2D eigenvalue weighted by Crippen LogP contribution is -2.36. The molecule has 10 rings (SSSR count). The smallest absolute Gasteiger partial charge is 0.131 e. The number of aliphatic imine (C=N–C) groups is 1. The molecule has 6 aromatic rings. The van der Waals surface area contributed by atoms with E-state index in [2.05, 4.69) is 150 Å². The van der Waals surface area contributed by atoms with E-state index < -0.39 is 5.41 Å². The van der Waals surface area contributed by atoms with Crippen LogP contribution in [0, 0.1) is 0 Å². The molecule has 42 heavy (non-hydrogen) atoms. The second-order valence-corrected chi connectivity index (χ2v) is 11.9. The fourth-order valence-corrected chi connectivity index (χ4v) is 8.42. The Balaban J connectivity index is 1.37. The first-order valence-corrected chi connectivity index (χ1v) is 14.8. The van der Waals surface area contributed by atoms with Gasteiger partial charge in [0.05, 0.1) is 34.2 Å². The largest absolute Gasteiger partial charge is 0.351 e. The Hall–Kier alpha value is -5.15. The highest BCUT2D eigenvalue weighted by atomic mass is 15.3. The summed E-state index contributed by atoms with van der Waals surface area (Å²) in [6.07, 6.45) is 8.74. The summed E-state index contributed by atoms with van der Waals surface area (Å²) in [5, 5.41) is 2.59. The summed E-state index contributed by atoms with van der Waals surface area (Å²) in [5.74, 6) is 1.05. The topological polar surface area (TPSA) is 20.5 Å². The number of aromatic nitrogens is 1. The van der Waals surface area contributed by atoms with Crippen LogP contribution in [0.2, 0.25) is 0 Å². The van der Waals surface area contributed by atoms with E-state index >= 15 is 0 Å². The number of fused-ring (bicyclic) bond motifs is 13. The van der Waals surface area contributed by atoms with Crippen molar-refractivity contribution < 1.29 is 0 Å². The Morgan fingerprint density at radius 3 is 2.14 bits per heavy atom. The van der Waals surface area contributed by atoms with Crippen molar-refractivity contribution in [1.82, 2.24) is 9.47 Å². The van der Waals surface area contributed by atoms with E-state index in [-0.39, 0.29) is 12.1 Å². The molecule has 2 atom stereocenters. The lowest BCUT2D eigenvalue weighted by atomic mass is 9.65. The van der Waals surface area contributed by atoms with E-state index in [9.17, 15) is 0 Å². The van der Waals surface area contributed by atoms with E-state index in [1.165, 1.54) is 60.9 Å². The number of likely N-dealkylation sites (N-methyl/N-ethyl adjacent to an activating group) is 1. The monoisotopic (exact) mass is 537 g/mol. The third-order valence-corrected chi connectivity index (χ3v) is 10.1. The summed E-state index contributed by atoms with van der Waals surface area (Å²) in [4.78, 5) is 7.55. The summed E-state index contributed by atoms with van der Waals surface area (Å²) in [7, 11) is 2.18. The molecule has 1 aromatic heterocycles.